The number of aromatic nitrogens is 1. The highest BCUT2D eigenvalue weighted by molar-refractivity contribution is 6.05. The minimum Gasteiger partial charge on any atom is -0.497 e. The molecule has 0 unspecified atom stereocenters. The van der Waals surface area contributed by atoms with Gasteiger partial charge in [-0.1, -0.05) is 18.2 Å². The lowest BCUT2D eigenvalue weighted by atomic mass is 10.2. The van der Waals surface area contributed by atoms with Crippen molar-refractivity contribution in [2.45, 2.75) is 6.92 Å². The summed E-state index contributed by atoms with van der Waals surface area (Å²) in [6.07, 6.45) is 3.30. The van der Waals surface area contributed by atoms with E-state index in [0.717, 1.165) is 17.9 Å². The molecule has 0 radical (unpaired) electrons. The van der Waals surface area contributed by atoms with Crippen molar-refractivity contribution in [3.8, 4) is 11.5 Å². The Balaban J connectivity index is 1.85. The molecule has 28 heavy (non-hydrogen) atoms. The summed E-state index contributed by atoms with van der Waals surface area (Å²) in [6.45, 7) is 2.81. The molecule has 0 fully saturated rings. The number of amides is 1. The van der Waals surface area contributed by atoms with Crippen LogP contribution in [0.2, 0.25) is 0 Å². The fourth-order valence-electron chi connectivity index (χ4n) is 2.92. The molecule has 1 heterocycles. The summed E-state index contributed by atoms with van der Waals surface area (Å²) in [5.74, 6) is 0.915. The van der Waals surface area contributed by atoms with Gasteiger partial charge in [0, 0.05) is 24.5 Å². The molecule has 0 aliphatic rings. The van der Waals surface area contributed by atoms with E-state index in [2.05, 4.69) is 22.1 Å². The Hall–Kier alpha value is -3.54. The van der Waals surface area contributed by atoms with Crippen molar-refractivity contribution >= 4 is 23.0 Å². The molecule has 144 valence electrons. The number of rotatable bonds is 7. The molecule has 2 aromatic carbocycles. The standard InChI is InChI=1S/C22H23N3O3/c1-4-25(17-8-6-5-7-9-17)18-12-16(14-23-15-18)22(26)24-20-11-10-19(27-2)13-21(20)28-3/h5-15H,4H2,1-3H3,(H,24,26). The van der Waals surface area contributed by atoms with Crippen LogP contribution in [0.25, 0.3) is 0 Å². The van der Waals surface area contributed by atoms with Gasteiger partial charge in [-0.05, 0) is 37.3 Å². The summed E-state index contributed by atoms with van der Waals surface area (Å²) in [6, 6.07) is 17.1. The maximum atomic E-state index is 12.8. The van der Waals surface area contributed by atoms with Gasteiger partial charge in [-0.25, -0.2) is 0 Å². The number of carbonyl (C=O) groups excluding carboxylic acids is 1. The molecule has 1 N–H and O–H groups in total. The van der Waals surface area contributed by atoms with Crippen LogP contribution in [0.5, 0.6) is 11.5 Å². The normalized spacial score (nSPS) is 10.2. The Labute approximate surface area is 164 Å². The van der Waals surface area contributed by atoms with Gasteiger partial charge in [0.1, 0.15) is 11.5 Å². The van der Waals surface area contributed by atoms with E-state index in [-0.39, 0.29) is 5.91 Å². The first-order valence-electron chi connectivity index (χ1n) is 8.97. The largest absolute Gasteiger partial charge is 0.497 e. The topological polar surface area (TPSA) is 63.7 Å². The third-order valence-corrected chi connectivity index (χ3v) is 4.34. The summed E-state index contributed by atoms with van der Waals surface area (Å²) in [5, 5.41) is 2.87. The fourth-order valence-corrected chi connectivity index (χ4v) is 2.92. The first-order chi connectivity index (χ1) is 13.7. The van der Waals surface area contributed by atoms with Crippen LogP contribution in [0.15, 0.2) is 67.0 Å². The van der Waals surface area contributed by atoms with Crippen molar-refractivity contribution in [1.82, 2.24) is 4.98 Å². The number of hydrogen-bond donors (Lipinski definition) is 1. The highest BCUT2D eigenvalue weighted by atomic mass is 16.5. The van der Waals surface area contributed by atoms with Gasteiger partial charge in [0.2, 0.25) is 0 Å². The number of para-hydroxylation sites is 1. The van der Waals surface area contributed by atoms with Crippen molar-refractivity contribution in [2.24, 2.45) is 0 Å². The second kappa shape index (κ2) is 8.90. The molecular formula is C22H23N3O3. The van der Waals surface area contributed by atoms with E-state index in [1.54, 1.807) is 44.8 Å². The van der Waals surface area contributed by atoms with Crippen LogP contribution in [0.1, 0.15) is 17.3 Å². The lowest BCUT2D eigenvalue weighted by Crippen LogP contribution is -2.18. The maximum absolute atomic E-state index is 12.8. The van der Waals surface area contributed by atoms with Crippen molar-refractivity contribution in [3.63, 3.8) is 0 Å². The second-order valence-corrected chi connectivity index (χ2v) is 6.03. The molecule has 0 saturated carbocycles. The van der Waals surface area contributed by atoms with Crippen molar-refractivity contribution in [3.05, 3.63) is 72.6 Å². The van der Waals surface area contributed by atoms with E-state index in [1.807, 2.05) is 36.4 Å². The molecule has 0 atom stereocenters. The van der Waals surface area contributed by atoms with Gasteiger partial charge in [-0.2, -0.15) is 0 Å². The molecule has 3 rings (SSSR count). The number of nitrogens with zero attached hydrogens (tertiary/aromatic N) is 2. The van der Waals surface area contributed by atoms with Crippen LogP contribution >= 0.6 is 0 Å². The molecule has 1 aromatic heterocycles. The SMILES string of the molecule is CCN(c1ccccc1)c1cncc(C(=O)Nc2ccc(OC)cc2OC)c1. The first kappa shape index (κ1) is 19.2. The zero-order valence-corrected chi connectivity index (χ0v) is 16.2. The highest BCUT2D eigenvalue weighted by Crippen LogP contribution is 2.30. The van der Waals surface area contributed by atoms with E-state index < -0.39 is 0 Å². The van der Waals surface area contributed by atoms with Crippen LogP contribution in [0.4, 0.5) is 17.1 Å². The Bertz CT molecular complexity index is 945. The van der Waals surface area contributed by atoms with Crippen molar-refractivity contribution in [2.75, 3.05) is 31.0 Å². The van der Waals surface area contributed by atoms with Gasteiger partial charge in [0.15, 0.2) is 0 Å². The number of pyridine rings is 1. The number of hydrogen-bond acceptors (Lipinski definition) is 5. The number of nitrogens with one attached hydrogen (secondary N) is 1. The predicted octanol–water partition coefficient (Wildman–Crippen LogP) is 4.51. The van der Waals surface area contributed by atoms with Gasteiger partial charge in [0.05, 0.1) is 37.4 Å². The quantitative estimate of drug-likeness (QED) is 0.656. The van der Waals surface area contributed by atoms with Crippen molar-refractivity contribution in [1.29, 1.82) is 0 Å². The summed E-state index contributed by atoms with van der Waals surface area (Å²) >= 11 is 0. The third kappa shape index (κ3) is 4.23. The number of benzene rings is 2. The third-order valence-electron chi connectivity index (χ3n) is 4.34. The average Bonchev–Trinajstić information content (AvgIpc) is 2.75. The first-order valence-corrected chi connectivity index (χ1v) is 8.97. The minimum atomic E-state index is -0.262. The summed E-state index contributed by atoms with van der Waals surface area (Å²) < 4.78 is 10.5. The Morgan fingerprint density at radius 1 is 1.00 bits per heavy atom. The number of ether oxygens (including phenoxy) is 2. The molecule has 0 saturated heterocycles. The van der Waals surface area contributed by atoms with Gasteiger partial charge in [-0.3, -0.25) is 9.78 Å². The summed E-state index contributed by atoms with van der Waals surface area (Å²) in [5.41, 5.74) is 2.92. The summed E-state index contributed by atoms with van der Waals surface area (Å²) in [7, 11) is 3.13. The monoisotopic (exact) mass is 377 g/mol. The van der Waals surface area contributed by atoms with E-state index in [4.69, 9.17) is 9.47 Å². The average molecular weight is 377 g/mol. The number of anilines is 3. The van der Waals surface area contributed by atoms with Gasteiger partial charge in [0.25, 0.3) is 5.91 Å². The van der Waals surface area contributed by atoms with E-state index >= 15 is 0 Å². The Morgan fingerprint density at radius 3 is 2.46 bits per heavy atom. The predicted molar refractivity (Wildman–Crippen MR) is 111 cm³/mol. The molecule has 0 aliphatic carbocycles. The lowest BCUT2D eigenvalue weighted by molar-refractivity contribution is 0.102. The smallest absolute Gasteiger partial charge is 0.257 e. The van der Waals surface area contributed by atoms with Gasteiger partial charge >= 0.3 is 0 Å². The van der Waals surface area contributed by atoms with Crippen LogP contribution in [0, 0.1) is 0 Å². The Kier molecular flexibility index (Phi) is 6.11. The minimum absolute atomic E-state index is 0.262. The zero-order valence-electron chi connectivity index (χ0n) is 16.2. The number of methoxy groups -OCH3 is 2. The summed E-state index contributed by atoms with van der Waals surface area (Å²) in [4.78, 5) is 19.1. The molecule has 3 aromatic rings. The molecule has 0 bridgehead atoms. The van der Waals surface area contributed by atoms with Gasteiger partial charge < -0.3 is 19.7 Å². The van der Waals surface area contributed by atoms with Crippen molar-refractivity contribution < 1.29 is 14.3 Å². The maximum Gasteiger partial charge on any atom is 0.257 e. The highest BCUT2D eigenvalue weighted by Gasteiger charge is 2.14. The molecule has 6 heteroatoms. The fraction of sp³-hybridized carbons (Fsp3) is 0.182. The van der Waals surface area contributed by atoms with Gasteiger partial charge in [-0.15, -0.1) is 0 Å². The van der Waals surface area contributed by atoms with Crippen LogP contribution in [0.3, 0.4) is 0 Å². The molecular weight excluding hydrogens is 354 g/mol. The van der Waals surface area contributed by atoms with Crippen LogP contribution in [-0.4, -0.2) is 31.7 Å². The zero-order chi connectivity index (χ0) is 19.9. The second-order valence-electron chi connectivity index (χ2n) is 6.03. The number of carbonyl (C=O) groups is 1. The van der Waals surface area contributed by atoms with Crippen LogP contribution in [-0.2, 0) is 0 Å². The van der Waals surface area contributed by atoms with E-state index in [0.29, 0.717) is 22.7 Å². The van der Waals surface area contributed by atoms with Crippen LogP contribution < -0.4 is 19.7 Å². The molecule has 1 amide bonds. The molecule has 0 aliphatic heterocycles. The van der Waals surface area contributed by atoms with E-state index in [9.17, 15) is 4.79 Å². The van der Waals surface area contributed by atoms with E-state index in [1.165, 1.54) is 0 Å². The lowest BCUT2D eigenvalue weighted by Gasteiger charge is -2.23. The molecule has 0 spiro atoms. The molecule has 6 nitrogen and oxygen atoms in total. The Morgan fingerprint density at radius 2 is 1.79 bits per heavy atom.